The molecule has 3 rings (SSSR count). The Balaban J connectivity index is 0.00000136. The van der Waals surface area contributed by atoms with Crippen molar-refractivity contribution in [1.82, 2.24) is 4.90 Å². The van der Waals surface area contributed by atoms with Crippen molar-refractivity contribution in [3.63, 3.8) is 0 Å². The summed E-state index contributed by atoms with van der Waals surface area (Å²) < 4.78 is 10.7. The standard InChI is InChI=1S/C21H29N3O2.C2H6/c1-4-22-18-6-8-19(9-7-18)24-13-11-23(12-14-24)16-17-5-10-20(25-2)21(15-17)26-3;1-2/h5-10,15,22H,4,11-14,16H2,1-3H3;1-2H3. The van der Waals surface area contributed by atoms with Gasteiger partial charge in [0.1, 0.15) is 0 Å². The van der Waals surface area contributed by atoms with Crippen molar-refractivity contribution < 1.29 is 9.47 Å². The van der Waals surface area contributed by atoms with E-state index in [2.05, 4.69) is 58.4 Å². The first-order chi connectivity index (χ1) is 13.7. The van der Waals surface area contributed by atoms with E-state index in [1.165, 1.54) is 16.9 Å². The molecule has 0 aromatic heterocycles. The molecule has 0 bridgehead atoms. The summed E-state index contributed by atoms with van der Waals surface area (Å²) in [6, 6.07) is 14.9. The van der Waals surface area contributed by atoms with Crippen LogP contribution in [0, 0.1) is 0 Å². The van der Waals surface area contributed by atoms with Crippen LogP contribution in [0.15, 0.2) is 42.5 Å². The van der Waals surface area contributed by atoms with Gasteiger partial charge in [-0.3, -0.25) is 4.90 Å². The summed E-state index contributed by atoms with van der Waals surface area (Å²) in [7, 11) is 3.35. The molecule has 1 fully saturated rings. The molecule has 1 aliphatic heterocycles. The van der Waals surface area contributed by atoms with Crippen LogP contribution in [-0.2, 0) is 6.54 Å². The van der Waals surface area contributed by atoms with E-state index in [0.717, 1.165) is 50.8 Å². The quantitative estimate of drug-likeness (QED) is 0.760. The first kappa shape index (κ1) is 21.9. The van der Waals surface area contributed by atoms with Gasteiger partial charge in [0.15, 0.2) is 11.5 Å². The zero-order valence-corrected chi connectivity index (χ0v) is 18.0. The van der Waals surface area contributed by atoms with E-state index < -0.39 is 0 Å². The van der Waals surface area contributed by atoms with Crippen molar-refractivity contribution >= 4 is 11.4 Å². The van der Waals surface area contributed by atoms with Gasteiger partial charge in [0.2, 0.25) is 0 Å². The maximum Gasteiger partial charge on any atom is 0.161 e. The molecule has 1 N–H and O–H groups in total. The van der Waals surface area contributed by atoms with Gasteiger partial charge in [-0.2, -0.15) is 0 Å². The smallest absolute Gasteiger partial charge is 0.161 e. The largest absolute Gasteiger partial charge is 0.493 e. The zero-order valence-electron chi connectivity index (χ0n) is 18.0. The van der Waals surface area contributed by atoms with E-state index in [4.69, 9.17) is 9.47 Å². The van der Waals surface area contributed by atoms with Crippen molar-refractivity contribution in [2.75, 3.05) is 57.2 Å². The van der Waals surface area contributed by atoms with Gasteiger partial charge in [0.25, 0.3) is 0 Å². The molecule has 0 radical (unpaired) electrons. The number of hydrogen-bond donors (Lipinski definition) is 1. The number of piperazine rings is 1. The zero-order chi connectivity index (χ0) is 20.4. The lowest BCUT2D eigenvalue weighted by Gasteiger charge is -2.36. The van der Waals surface area contributed by atoms with Gasteiger partial charge in [0, 0.05) is 50.6 Å². The summed E-state index contributed by atoms with van der Waals surface area (Å²) in [6.45, 7) is 12.2. The van der Waals surface area contributed by atoms with Gasteiger partial charge in [0.05, 0.1) is 14.2 Å². The fraction of sp³-hybridized carbons (Fsp3) is 0.478. The van der Waals surface area contributed by atoms with Gasteiger partial charge in [-0.15, -0.1) is 0 Å². The fourth-order valence-electron chi connectivity index (χ4n) is 3.40. The van der Waals surface area contributed by atoms with E-state index >= 15 is 0 Å². The Labute approximate surface area is 170 Å². The summed E-state index contributed by atoms with van der Waals surface area (Å²) >= 11 is 0. The second-order valence-electron chi connectivity index (χ2n) is 6.53. The fourth-order valence-corrected chi connectivity index (χ4v) is 3.40. The average molecular weight is 386 g/mol. The van der Waals surface area contributed by atoms with Crippen LogP contribution < -0.4 is 19.7 Å². The normalized spacial score (nSPS) is 14.1. The number of anilines is 2. The van der Waals surface area contributed by atoms with Gasteiger partial charge >= 0.3 is 0 Å². The number of nitrogens with zero attached hydrogens (tertiary/aromatic N) is 2. The minimum Gasteiger partial charge on any atom is -0.493 e. The highest BCUT2D eigenvalue weighted by molar-refractivity contribution is 5.55. The van der Waals surface area contributed by atoms with E-state index in [1.807, 2.05) is 19.9 Å². The van der Waals surface area contributed by atoms with Crippen LogP contribution in [0.2, 0.25) is 0 Å². The summed E-state index contributed by atoms with van der Waals surface area (Å²) in [6.07, 6.45) is 0. The summed E-state index contributed by atoms with van der Waals surface area (Å²) in [5.74, 6) is 1.58. The third-order valence-corrected chi connectivity index (χ3v) is 4.84. The molecule has 5 nitrogen and oxygen atoms in total. The topological polar surface area (TPSA) is 37.0 Å². The Morgan fingerprint density at radius 3 is 2.07 bits per heavy atom. The average Bonchev–Trinajstić information content (AvgIpc) is 2.76. The highest BCUT2D eigenvalue weighted by Gasteiger charge is 2.18. The number of benzene rings is 2. The maximum atomic E-state index is 5.41. The van der Waals surface area contributed by atoms with Gasteiger partial charge in [-0.1, -0.05) is 19.9 Å². The lowest BCUT2D eigenvalue weighted by atomic mass is 10.1. The van der Waals surface area contributed by atoms with Crippen LogP contribution in [0.5, 0.6) is 11.5 Å². The van der Waals surface area contributed by atoms with Crippen LogP contribution in [0.25, 0.3) is 0 Å². The lowest BCUT2D eigenvalue weighted by Crippen LogP contribution is -2.45. The van der Waals surface area contributed by atoms with Crippen LogP contribution in [0.3, 0.4) is 0 Å². The molecular weight excluding hydrogens is 350 g/mol. The second kappa shape index (κ2) is 11.4. The van der Waals surface area contributed by atoms with E-state index in [9.17, 15) is 0 Å². The molecule has 2 aromatic carbocycles. The van der Waals surface area contributed by atoms with Gasteiger partial charge in [-0.25, -0.2) is 0 Å². The summed E-state index contributed by atoms with van der Waals surface area (Å²) in [4.78, 5) is 4.95. The van der Waals surface area contributed by atoms with Crippen LogP contribution >= 0.6 is 0 Å². The molecule has 2 aromatic rings. The molecule has 1 heterocycles. The highest BCUT2D eigenvalue weighted by atomic mass is 16.5. The molecule has 0 spiro atoms. The maximum absolute atomic E-state index is 5.41. The van der Waals surface area contributed by atoms with Crippen LogP contribution in [-0.4, -0.2) is 51.8 Å². The molecule has 1 aliphatic rings. The van der Waals surface area contributed by atoms with Crippen molar-refractivity contribution in [3.8, 4) is 11.5 Å². The predicted octanol–water partition coefficient (Wildman–Crippen LogP) is 4.48. The number of methoxy groups -OCH3 is 2. The summed E-state index contributed by atoms with van der Waals surface area (Å²) in [5, 5.41) is 3.34. The molecule has 0 amide bonds. The van der Waals surface area contributed by atoms with E-state index in [1.54, 1.807) is 14.2 Å². The van der Waals surface area contributed by atoms with Crippen LogP contribution in [0.4, 0.5) is 11.4 Å². The first-order valence-electron chi connectivity index (χ1n) is 10.3. The molecule has 5 heteroatoms. The molecule has 0 saturated carbocycles. The third-order valence-electron chi connectivity index (χ3n) is 4.84. The third kappa shape index (κ3) is 5.80. The molecule has 0 aliphatic carbocycles. The van der Waals surface area contributed by atoms with Crippen molar-refractivity contribution in [1.29, 1.82) is 0 Å². The van der Waals surface area contributed by atoms with Crippen molar-refractivity contribution in [2.45, 2.75) is 27.3 Å². The monoisotopic (exact) mass is 385 g/mol. The Morgan fingerprint density at radius 1 is 0.857 bits per heavy atom. The Bertz CT molecular complexity index is 695. The molecule has 28 heavy (non-hydrogen) atoms. The summed E-state index contributed by atoms with van der Waals surface area (Å²) in [5.41, 5.74) is 3.74. The van der Waals surface area contributed by atoms with Crippen molar-refractivity contribution in [2.24, 2.45) is 0 Å². The molecular formula is C23H35N3O2. The first-order valence-corrected chi connectivity index (χ1v) is 10.3. The molecule has 154 valence electrons. The number of hydrogen-bond acceptors (Lipinski definition) is 5. The lowest BCUT2D eigenvalue weighted by molar-refractivity contribution is 0.249. The predicted molar refractivity (Wildman–Crippen MR) is 119 cm³/mol. The Morgan fingerprint density at radius 2 is 1.50 bits per heavy atom. The highest BCUT2D eigenvalue weighted by Crippen LogP contribution is 2.28. The van der Waals surface area contributed by atoms with E-state index in [0.29, 0.717) is 0 Å². The number of ether oxygens (including phenoxy) is 2. The van der Waals surface area contributed by atoms with Crippen LogP contribution in [0.1, 0.15) is 26.3 Å². The molecule has 0 atom stereocenters. The van der Waals surface area contributed by atoms with Crippen molar-refractivity contribution in [3.05, 3.63) is 48.0 Å². The number of nitrogens with one attached hydrogen (secondary N) is 1. The second-order valence-corrected chi connectivity index (χ2v) is 6.53. The molecule has 0 unspecified atom stereocenters. The van der Waals surface area contributed by atoms with Gasteiger partial charge < -0.3 is 19.7 Å². The Kier molecular flexibility index (Phi) is 8.95. The SMILES string of the molecule is CC.CCNc1ccc(N2CCN(Cc3ccc(OC)c(OC)c3)CC2)cc1. The Hall–Kier alpha value is -2.40. The molecule has 1 saturated heterocycles. The van der Waals surface area contributed by atoms with E-state index in [-0.39, 0.29) is 0 Å². The minimum atomic E-state index is 0.780. The van der Waals surface area contributed by atoms with Gasteiger partial charge in [-0.05, 0) is 48.9 Å². The minimum absolute atomic E-state index is 0.780. The number of rotatable bonds is 7.